The molecular formula is C17H28N4. The molecule has 1 aliphatic carbocycles. The molecule has 2 aliphatic rings. The monoisotopic (exact) mass is 288 g/mol. The highest BCUT2D eigenvalue weighted by atomic mass is 15.3. The van der Waals surface area contributed by atoms with Gasteiger partial charge in [-0.15, -0.1) is 0 Å². The second kappa shape index (κ2) is 6.01. The number of aromatic nitrogens is 2. The van der Waals surface area contributed by atoms with Gasteiger partial charge in [-0.3, -0.25) is 4.90 Å². The SMILES string of the molecule is CCC(C)C1CN(Cc2ncccn2)C(C)(C2CC2)CN1. The number of rotatable bonds is 5. The van der Waals surface area contributed by atoms with Crippen molar-refractivity contribution in [2.45, 2.75) is 58.2 Å². The molecule has 2 fully saturated rings. The number of piperazine rings is 1. The molecule has 0 amide bonds. The van der Waals surface area contributed by atoms with Crippen LogP contribution in [0.1, 0.15) is 45.9 Å². The van der Waals surface area contributed by atoms with Crippen molar-refractivity contribution in [2.75, 3.05) is 13.1 Å². The van der Waals surface area contributed by atoms with Gasteiger partial charge in [0, 0.05) is 37.1 Å². The van der Waals surface area contributed by atoms with Crippen molar-refractivity contribution in [3.8, 4) is 0 Å². The van der Waals surface area contributed by atoms with Gasteiger partial charge < -0.3 is 5.32 Å². The standard InChI is InChI=1S/C17H28N4/c1-4-13(2)15-10-21(11-16-18-8-5-9-19-16)17(3,12-20-15)14-6-7-14/h5,8-9,13-15,20H,4,6-7,10-12H2,1-3H3. The van der Waals surface area contributed by atoms with Crippen LogP contribution in [0.15, 0.2) is 18.5 Å². The Hall–Kier alpha value is -1.00. The fourth-order valence-electron chi connectivity index (χ4n) is 3.56. The summed E-state index contributed by atoms with van der Waals surface area (Å²) < 4.78 is 0. The molecule has 1 aromatic heterocycles. The van der Waals surface area contributed by atoms with Gasteiger partial charge in [0.25, 0.3) is 0 Å². The second-order valence-electron chi connectivity index (χ2n) is 7.05. The Morgan fingerprint density at radius 3 is 2.71 bits per heavy atom. The van der Waals surface area contributed by atoms with E-state index in [4.69, 9.17) is 0 Å². The van der Waals surface area contributed by atoms with E-state index in [1.165, 1.54) is 19.3 Å². The Kier molecular flexibility index (Phi) is 4.27. The summed E-state index contributed by atoms with van der Waals surface area (Å²) in [6, 6.07) is 2.48. The number of hydrogen-bond donors (Lipinski definition) is 1. The molecule has 1 N–H and O–H groups in total. The lowest BCUT2D eigenvalue weighted by atomic mass is 9.86. The van der Waals surface area contributed by atoms with Gasteiger partial charge in [-0.2, -0.15) is 0 Å². The molecule has 4 nitrogen and oxygen atoms in total. The average molecular weight is 288 g/mol. The number of hydrogen-bond acceptors (Lipinski definition) is 4. The van der Waals surface area contributed by atoms with Crippen molar-refractivity contribution in [1.82, 2.24) is 20.2 Å². The summed E-state index contributed by atoms with van der Waals surface area (Å²) in [5.74, 6) is 2.51. The zero-order chi connectivity index (χ0) is 14.9. The largest absolute Gasteiger partial charge is 0.311 e. The molecule has 1 saturated carbocycles. The van der Waals surface area contributed by atoms with Crippen LogP contribution in [0, 0.1) is 11.8 Å². The molecule has 0 aromatic carbocycles. The van der Waals surface area contributed by atoms with Crippen LogP contribution in [0.4, 0.5) is 0 Å². The van der Waals surface area contributed by atoms with Crippen molar-refractivity contribution < 1.29 is 0 Å². The third-order valence-electron chi connectivity index (χ3n) is 5.60. The van der Waals surface area contributed by atoms with Crippen LogP contribution in [-0.2, 0) is 6.54 Å². The molecule has 3 atom stereocenters. The number of nitrogens with one attached hydrogen (secondary N) is 1. The van der Waals surface area contributed by atoms with E-state index in [-0.39, 0.29) is 5.54 Å². The van der Waals surface area contributed by atoms with Crippen molar-refractivity contribution in [3.63, 3.8) is 0 Å². The van der Waals surface area contributed by atoms with Gasteiger partial charge in [-0.25, -0.2) is 9.97 Å². The van der Waals surface area contributed by atoms with Crippen LogP contribution in [0.3, 0.4) is 0 Å². The zero-order valence-electron chi connectivity index (χ0n) is 13.5. The van der Waals surface area contributed by atoms with E-state index in [0.717, 1.165) is 31.4 Å². The van der Waals surface area contributed by atoms with Crippen LogP contribution in [0.25, 0.3) is 0 Å². The molecule has 21 heavy (non-hydrogen) atoms. The Labute approximate surface area is 128 Å². The van der Waals surface area contributed by atoms with Gasteiger partial charge in [0.2, 0.25) is 0 Å². The zero-order valence-corrected chi connectivity index (χ0v) is 13.5. The summed E-state index contributed by atoms with van der Waals surface area (Å²) in [6.07, 6.45) is 7.68. The fraction of sp³-hybridized carbons (Fsp3) is 0.765. The van der Waals surface area contributed by atoms with Gasteiger partial charge in [0.15, 0.2) is 0 Å². The van der Waals surface area contributed by atoms with E-state index < -0.39 is 0 Å². The lowest BCUT2D eigenvalue weighted by Gasteiger charge is -2.49. The Morgan fingerprint density at radius 1 is 1.38 bits per heavy atom. The van der Waals surface area contributed by atoms with Crippen molar-refractivity contribution in [3.05, 3.63) is 24.3 Å². The molecular weight excluding hydrogens is 260 g/mol. The Bertz CT molecular complexity index is 459. The van der Waals surface area contributed by atoms with E-state index in [1.807, 2.05) is 18.5 Å². The molecule has 0 radical (unpaired) electrons. The molecule has 0 spiro atoms. The maximum absolute atomic E-state index is 4.43. The van der Waals surface area contributed by atoms with E-state index in [0.29, 0.717) is 12.0 Å². The minimum absolute atomic E-state index is 0.267. The van der Waals surface area contributed by atoms with Gasteiger partial charge in [-0.05, 0) is 37.7 Å². The molecule has 4 heteroatoms. The minimum atomic E-state index is 0.267. The first-order chi connectivity index (χ1) is 10.1. The highest BCUT2D eigenvalue weighted by Crippen LogP contribution is 2.44. The smallest absolute Gasteiger partial charge is 0.142 e. The first-order valence-electron chi connectivity index (χ1n) is 8.38. The Morgan fingerprint density at radius 2 is 2.10 bits per heavy atom. The summed E-state index contributed by atoms with van der Waals surface area (Å²) in [5, 5.41) is 3.82. The normalized spacial score (nSPS) is 32.0. The number of nitrogens with zero attached hydrogens (tertiary/aromatic N) is 3. The van der Waals surface area contributed by atoms with Crippen LogP contribution >= 0.6 is 0 Å². The summed E-state index contributed by atoms with van der Waals surface area (Å²) in [4.78, 5) is 11.5. The quantitative estimate of drug-likeness (QED) is 0.903. The fourth-order valence-corrected chi connectivity index (χ4v) is 3.56. The second-order valence-corrected chi connectivity index (χ2v) is 7.05. The molecule has 1 saturated heterocycles. The predicted octanol–water partition coefficient (Wildman–Crippen LogP) is 2.47. The predicted molar refractivity (Wildman–Crippen MR) is 84.8 cm³/mol. The first-order valence-corrected chi connectivity index (χ1v) is 8.38. The third-order valence-corrected chi connectivity index (χ3v) is 5.60. The van der Waals surface area contributed by atoms with Crippen molar-refractivity contribution in [1.29, 1.82) is 0 Å². The molecule has 3 rings (SSSR count). The molecule has 0 bridgehead atoms. The molecule has 2 heterocycles. The van der Waals surface area contributed by atoms with Crippen molar-refractivity contribution >= 4 is 0 Å². The van der Waals surface area contributed by atoms with Gasteiger partial charge in [0.05, 0.1) is 6.54 Å². The third kappa shape index (κ3) is 3.11. The lowest BCUT2D eigenvalue weighted by molar-refractivity contribution is 0.0147. The maximum atomic E-state index is 4.43. The Balaban J connectivity index is 1.76. The molecule has 1 aliphatic heterocycles. The van der Waals surface area contributed by atoms with Gasteiger partial charge >= 0.3 is 0 Å². The van der Waals surface area contributed by atoms with E-state index >= 15 is 0 Å². The summed E-state index contributed by atoms with van der Waals surface area (Å²) in [5.41, 5.74) is 0.267. The van der Waals surface area contributed by atoms with Gasteiger partial charge in [0.1, 0.15) is 5.82 Å². The van der Waals surface area contributed by atoms with Crippen LogP contribution in [0.5, 0.6) is 0 Å². The minimum Gasteiger partial charge on any atom is -0.311 e. The van der Waals surface area contributed by atoms with E-state index in [9.17, 15) is 0 Å². The van der Waals surface area contributed by atoms with E-state index in [2.05, 4.69) is 41.0 Å². The highest BCUT2D eigenvalue weighted by molar-refractivity contribution is 5.06. The summed E-state index contributed by atoms with van der Waals surface area (Å²) >= 11 is 0. The summed E-state index contributed by atoms with van der Waals surface area (Å²) in [7, 11) is 0. The molecule has 116 valence electrons. The maximum Gasteiger partial charge on any atom is 0.142 e. The average Bonchev–Trinajstić information content (AvgIpc) is 3.35. The van der Waals surface area contributed by atoms with Crippen LogP contribution in [0.2, 0.25) is 0 Å². The van der Waals surface area contributed by atoms with Crippen LogP contribution < -0.4 is 5.32 Å². The van der Waals surface area contributed by atoms with Gasteiger partial charge in [-0.1, -0.05) is 20.3 Å². The molecule has 1 aromatic rings. The first kappa shape index (κ1) is 14.9. The molecule has 3 unspecified atom stereocenters. The van der Waals surface area contributed by atoms with Crippen LogP contribution in [-0.4, -0.2) is 39.5 Å². The highest BCUT2D eigenvalue weighted by Gasteiger charge is 2.48. The lowest BCUT2D eigenvalue weighted by Crippen LogP contribution is -2.65. The van der Waals surface area contributed by atoms with Crippen molar-refractivity contribution in [2.24, 2.45) is 11.8 Å². The van der Waals surface area contributed by atoms with E-state index in [1.54, 1.807) is 0 Å². The topological polar surface area (TPSA) is 41.1 Å². The summed E-state index contributed by atoms with van der Waals surface area (Å²) in [6.45, 7) is 10.1.